The highest BCUT2D eigenvalue weighted by molar-refractivity contribution is 5.94. The Kier molecular flexibility index (Phi) is 5.53. The van der Waals surface area contributed by atoms with Crippen LogP contribution in [0.15, 0.2) is 71.9 Å². The van der Waals surface area contributed by atoms with Crippen LogP contribution in [0.5, 0.6) is 5.75 Å². The standard InChI is InChI=1S/C23H19N5O3/c1-14-10-17(6-7-21(14)29)20-11-19(27-23(31)28-20)15-2-4-16(5-3-15)22(30)25-12-18-8-9-24-13-26-18/h2-11,13,29H,12H2,1H3,(H,25,30)(H,27,28,31). The summed E-state index contributed by atoms with van der Waals surface area (Å²) >= 11 is 0. The molecule has 0 fully saturated rings. The van der Waals surface area contributed by atoms with Crippen molar-refractivity contribution in [3.63, 3.8) is 0 Å². The molecule has 0 saturated carbocycles. The fourth-order valence-corrected chi connectivity index (χ4v) is 3.07. The fourth-order valence-electron chi connectivity index (χ4n) is 3.07. The van der Waals surface area contributed by atoms with Crippen molar-refractivity contribution in [3.05, 3.63) is 94.4 Å². The summed E-state index contributed by atoms with van der Waals surface area (Å²) < 4.78 is 0. The third-order valence-corrected chi connectivity index (χ3v) is 4.77. The largest absolute Gasteiger partial charge is 0.508 e. The van der Waals surface area contributed by atoms with E-state index in [1.807, 2.05) is 0 Å². The van der Waals surface area contributed by atoms with E-state index in [-0.39, 0.29) is 11.7 Å². The van der Waals surface area contributed by atoms with Crippen molar-refractivity contribution in [2.24, 2.45) is 0 Å². The Hall–Kier alpha value is -4.33. The van der Waals surface area contributed by atoms with Crippen molar-refractivity contribution in [2.45, 2.75) is 13.5 Å². The van der Waals surface area contributed by atoms with Gasteiger partial charge in [-0.15, -0.1) is 0 Å². The van der Waals surface area contributed by atoms with Gasteiger partial charge in [-0.3, -0.25) is 4.79 Å². The summed E-state index contributed by atoms with van der Waals surface area (Å²) in [6.07, 6.45) is 3.05. The highest BCUT2D eigenvalue weighted by Gasteiger charge is 2.10. The molecule has 2 aromatic heterocycles. The number of rotatable bonds is 5. The Morgan fingerprint density at radius 3 is 2.55 bits per heavy atom. The molecule has 0 unspecified atom stereocenters. The van der Waals surface area contributed by atoms with Gasteiger partial charge in [-0.25, -0.2) is 14.8 Å². The molecule has 154 valence electrons. The first kappa shape index (κ1) is 20.0. The lowest BCUT2D eigenvalue weighted by Gasteiger charge is -2.08. The zero-order chi connectivity index (χ0) is 21.8. The van der Waals surface area contributed by atoms with Crippen LogP contribution >= 0.6 is 0 Å². The summed E-state index contributed by atoms with van der Waals surface area (Å²) in [5.74, 6) is -0.0453. The van der Waals surface area contributed by atoms with Crippen LogP contribution in [0.2, 0.25) is 0 Å². The average Bonchev–Trinajstić information content (AvgIpc) is 2.79. The van der Waals surface area contributed by atoms with Gasteiger partial charge in [0.15, 0.2) is 0 Å². The quantitative estimate of drug-likeness (QED) is 0.463. The summed E-state index contributed by atoms with van der Waals surface area (Å²) in [5, 5.41) is 12.5. The first-order chi connectivity index (χ1) is 15.0. The second kappa shape index (κ2) is 8.58. The van der Waals surface area contributed by atoms with Crippen molar-refractivity contribution in [1.82, 2.24) is 25.3 Å². The van der Waals surface area contributed by atoms with Crippen LogP contribution in [0.1, 0.15) is 21.6 Å². The molecule has 2 heterocycles. The fraction of sp³-hybridized carbons (Fsp3) is 0.0870. The second-order valence-corrected chi connectivity index (χ2v) is 6.95. The van der Waals surface area contributed by atoms with Crippen LogP contribution in [-0.2, 0) is 6.54 Å². The SMILES string of the molecule is Cc1cc(-c2cc(-c3ccc(C(=O)NCc4ccncn4)cc3)[nH]c(=O)n2)ccc1O. The molecule has 4 rings (SSSR count). The maximum atomic E-state index is 12.4. The monoisotopic (exact) mass is 413 g/mol. The number of H-pyrrole nitrogens is 1. The summed E-state index contributed by atoms with van der Waals surface area (Å²) in [7, 11) is 0. The molecule has 0 aliphatic carbocycles. The Labute approximate surface area is 177 Å². The number of hydrogen-bond acceptors (Lipinski definition) is 6. The van der Waals surface area contributed by atoms with E-state index < -0.39 is 5.69 Å². The van der Waals surface area contributed by atoms with E-state index in [2.05, 4.69) is 25.3 Å². The lowest BCUT2D eigenvalue weighted by atomic mass is 10.0. The van der Waals surface area contributed by atoms with Gasteiger partial charge < -0.3 is 15.4 Å². The topological polar surface area (TPSA) is 121 Å². The number of carbonyl (C=O) groups is 1. The third-order valence-electron chi connectivity index (χ3n) is 4.77. The Balaban J connectivity index is 1.54. The summed E-state index contributed by atoms with van der Waals surface area (Å²) in [6.45, 7) is 2.08. The lowest BCUT2D eigenvalue weighted by Crippen LogP contribution is -2.23. The highest BCUT2D eigenvalue weighted by atomic mass is 16.3. The van der Waals surface area contributed by atoms with E-state index in [0.29, 0.717) is 34.8 Å². The third kappa shape index (κ3) is 4.64. The summed E-state index contributed by atoms with van der Waals surface area (Å²) in [4.78, 5) is 39.2. The number of aryl methyl sites for hydroxylation is 1. The van der Waals surface area contributed by atoms with Gasteiger partial charge in [0.1, 0.15) is 12.1 Å². The molecule has 4 aromatic rings. The molecule has 0 saturated heterocycles. The van der Waals surface area contributed by atoms with Crippen molar-refractivity contribution >= 4 is 5.91 Å². The Morgan fingerprint density at radius 1 is 1.06 bits per heavy atom. The zero-order valence-electron chi connectivity index (χ0n) is 16.7. The number of aromatic nitrogens is 4. The Morgan fingerprint density at radius 2 is 1.84 bits per heavy atom. The molecule has 8 nitrogen and oxygen atoms in total. The molecule has 1 amide bonds. The van der Waals surface area contributed by atoms with Gasteiger partial charge in [0, 0.05) is 17.3 Å². The number of aromatic hydroxyl groups is 1. The van der Waals surface area contributed by atoms with Crippen LogP contribution in [0.4, 0.5) is 0 Å². The van der Waals surface area contributed by atoms with E-state index in [9.17, 15) is 14.7 Å². The van der Waals surface area contributed by atoms with E-state index in [1.165, 1.54) is 6.33 Å². The van der Waals surface area contributed by atoms with Gasteiger partial charge in [0.2, 0.25) is 0 Å². The number of benzene rings is 2. The zero-order valence-corrected chi connectivity index (χ0v) is 16.7. The predicted octanol–water partition coefficient (Wildman–Crippen LogP) is 2.84. The number of nitrogens with zero attached hydrogens (tertiary/aromatic N) is 3. The van der Waals surface area contributed by atoms with Crippen LogP contribution in [0.25, 0.3) is 22.5 Å². The van der Waals surface area contributed by atoms with Crippen LogP contribution in [0, 0.1) is 6.92 Å². The van der Waals surface area contributed by atoms with Gasteiger partial charge in [0.25, 0.3) is 5.91 Å². The average molecular weight is 413 g/mol. The van der Waals surface area contributed by atoms with Gasteiger partial charge in [-0.1, -0.05) is 12.1 Å². The van der Waals surface area contributed by atoms with Gasteiger partial charge in [0.05, 0.1) is 23.6 Å². The number of phenolic OH excluding ortho intramolecular Hbond substituents is 1. The molecule has 0 atom stereocenters. The molecule has 2 aromatic carbocycles. The molecule has 0 radical (unpaired) electrons. The minimum Gasteiger partial charge on any atom is -0.508 e. The molecule has 3 N–H and O–H groups in total. The van der Waals surface area contributed by atoms with Gasteiger partial charge in [-0.05, 0) is 60.5 Å². The van der Waals surface area contributed by atoms with Crippen molar-refractivity contribution in [1.29, 1.82) is 0 Å². The number of hydrogen-bond donors (Lipinski definition) is 3. The number of aromatic amines is 1. The highest BCUT2D eigenvalue weighted by Crippen LogP contribution is 2.26. The Bertz CT molecular complexity index is 1280. The van der Waals surface area contributed by atoms with Crippen LogP contribution in [-0.4, -0.2) is 30.9 Å². The minimum atomic E-state index is -0.482. The normalized spacial score (nSPS) is 10.6. The molecule has 31 heavy (non-hydrogen) atoms. The van der Waals surface area contributed by atoms with E-state index >= 15 is 0 Å². The maximum Gasteiger partial charge on any atom is 0.345 e. The number of carbonyl (C=O) groups excluding carboxylic acids is 1. The minimum absolute atomic E-state index is 0.183. The van der Waals surface area contributed by atoms with Crippen molar-refractivity contribution in [2.75, 3.05) is 0 Å². The summed E-state index contributed by atoms with van der Waals surface area (Å²) in [5.41, 5.74) is 3.95. The number of nitrogens with one attached hydrogen (secondary N) is 2. The number of phenols is 1. The molecule has 0 spiro atoms. The lowest BCUT2D eigenvalue weighted by molar-refractivity contribution is 0.0950. The second-order valence-electron chi connectivity index (χ2n) is 6.95. The van der Waals surface area contributed by atoms with Crippen molar-refractivity contribution < 1.29 is 9.90 Å². The first-order valence-corrected chi connectivity index (χ1v) is 9.54. The van der Waals surface area contributed by atoms with E-state index in [0.717, 1.165) is 11.1 Å². The van der Waals surface area contributed by atoms with E-state index in [4.69, 9.17) is 0 Å². The van der Waals surface area contributed by atoms with Crippen LogP contribution < -0.4 is 11.0 Å². The van der Waals surface area contributed by atoms with Crippen molar-refractivity contribution in [3.8, 4) is 28.3 Å². The van der Waals surface area contributed by atoms with Gasteiger partial charge >= 0.3 is 5.69 Å². The maximum absolute atomic E-state index is 12.4. The molecular formula is C23H19N5O3. The van der Waals surface area contributed by atoms with Gasteiger partial charge in [-0.2, -0.15) is 4.98 Å². The molecule has 0 aliphatic rings. The predicted molar refractivity (Wildman–Crippen MR) is 115 cm³/mol. The molecule has 0 bridgehead atoms. The number of amides is 1. The first-order valence-electron chi connectivity index (χ1n) is 9.54. The summed E-state index contributed by atoms with van der Waals surface area (Å²) in [6, 6.07) is 15.4. The smallest absolute Gasteiger partial charge is 0.345 e. The molecule has 8 heteroatoms. The molecular weight excluding hydrogens is 394 g/mol. The van der Waals surface area contributed by atoms with E-state index in [1.54, 1.807) is 67.7 Å². The molecule has 0 aliphatic heterocycles. The van der Waals surface area contributed by atoms with Crippen LogP contribution in [0.3, 0.4) is 0 Å².